The maximum atomic E-state index is 5.82. The molecular weight excluding hydrogens is 302 g/mol. The van der Waals surface area contributed by atoms with Crippen molar-refractivity contribution < 1.29 is 4.74 Å². The minimum Gasteiger partial charge on any atom is -0.377 e. The van der Waals surface area contributed by atoms with E-state index in [9.17, 15) is 0 Å². The molecule has 3 aromatic rings. The summed E-state index contributed by atoms with van der Waals surface area (Å²) in [7, 11) is 0. The largest absolute Gasteiger partial charge is 0.377 e. The number of imidazole rings is 1. The highest BCUT2D eigenvalue weighted by Crippen LogP contribution is 2.17. The zero-order valence-electron chi connectivity index (χ0n) is 13.6. The minimum absolute atomic E-state index is 0.317. The second kappa shape index (κ2) is 7.07. The molecule has 1 aliphatic rings. The molecule has 6 heteroatoms. The van der Waals surface area contributed by atoms with Crippen molar-refractivity contribution >= 4 is 5.78 Å². The van der Waals surface area contributed by atoms with Crippen molar-refractivity contribution in [3.05, 3.63) is 60.4 Å². The summed E-state index contributed by atoms with van der Waals surface area (Å²) >= 11 is 0. The molecule has 4 heterocycles. The summed E-state index contributed by atoms with van der Waals surface area (Å²) < 4.78 is 7.78. The number of hydrogen-bond acceptors (Lipinski definition) is 5. The van der Waals surface area contributed by atoms with Crippen LogP contribution in [0.1, 0.15) is 24.1 Å². The Balaban J connectivity index is 1.51. The van der Waals surface area contributed by atoms with Gasteiger partial charge < -0.3 is 4.74 Å². The topological polar surface area (TPSA) is 55.6 Å². The van der Waals surface area contributed by atoms with Gasteiger partial charge >= 0.3 is 0 Å². The van der Waals surface area contributed by atoms with Gasteiger partial charge in [0.25, 0.3) is 0 Å². The molecule has 1 atom stereocenters. The highest BCUT2D eigenvalue weighted by Gasteiger charge is 2.20. The third kappa shape index (κ3) is 3.60. The van der Waals surface area contributed by atoms with Gasteiger partial charge in [0.1, 0.15) is 0 Å². The molecule has 0 radical (unpaired) electrons. The van der Waals surface area contributed by atoms with Crippen molar-refractivity contribution in [2.75, 3.05) is 13.2 Å². The molecular formula is C18H21N5O. The summed E-state index contributed by atoms with van der Waals surface area (Å²) in [6, 6.07) is 6.01. The highest BCUT2D eigenvalue weighted by molar-refractivity contribution is 5.29. The van der Waals surface area contributed by atoms with Crippen LogP contribution >= 0.6 is 0 Å². The lowest BCUT2D eigenvalue weighted by atomic mass is 10.2. The minimum atomic E-state index is 0.317. The van der Waals surface area contributed by atoms with Gasteiger partial charge in [-0.1, -0.05) is 6.07 Å². The van der Waals surface area contributed by atoms with E-state index in [1.807, 2.05) is 41.3 Å². The van der Waals surface area contributed by atoms with Gasteiger partial charge in [-0.3, -0.25) is 14.3 Å². The Kier molecular flexibility index (Phi) is 4.49. The fraction of sp³-hybridized carbons (Fsp3) is 0.389. The summed E-state index contributed by atoms with van der Waals surface area (Å²) in [5, 5.41) is 0. The van der Waals surface area contributed by atoms with E-state index >= 15 is 0 Å². The molecule has 3 aromatic heterocycles. The molecule has 0 aromatic carbocycles. The second-order valence-electron chi connectivity index (χ2n) is 6.23. The SMILES string of the molecule is c1cncc(CN(Cc2cn3cccnc3n2)C[C@H]2CCCO2)c1. The van der Waals surface area contributed by atoms with Gasteiger partial charge in [0.05, 0.1) is 11.8 Å². The standard InChI is InChI=1S/C18H21N5O/c1-4-15(10-19-6-1)11-22(14-17-5-2-9-24-17)12-16-13-23-8-3-7-20-18(23)21-16/h1,3-4,6-8,10,13,17H,2,5,9,11-12,14H2/t17-/m1/s1. The molecule has 0 amide bonds. The number of fused-ring (bicyclic) bond motifs is 1. The Morgan fingerprint density at radius 1 is 1.25 bits per heavy atom. The number of pyridine rings is 1. The van der Waals surface area contributed by atoms with Crippen LogP contribution < -0.4 is 0 Å². The molecule has 124 valence electrons. The Morgan fingerprint density at radius 3 is 3.04 bits per heavy atom. The first-order valence-corrected chi connectivity index (χ1v) is 8.38. The first-order chi connectivity index (χ1) is 11.9. The van der Waals surface area contributed by atoms with Crippen molar-refractivity contribution in [1.29, 1.82) is 0 Å². The van der Waals surface area contributed by atoms with Gasteiger partial charge in [0, 0.05) is 57.2 Å². The van der Waals surface area contributed by atoms with Gasteiger partial charge in [-0.05, 0) is 30.5 Å². The zero-order chi connectivity index (χ0) is 16.2. The van der Waals surface area contributed by atoms with E-state index in [2.05, 4.69) is 25.9 Å². The van der Waals surface area contributed by atoms with Crippen LogP contribution in [0, 0.1) is 0 Å². The third-order valence-electron chi connectivity index (χ3n) is 4.29. The molecule has 24 heavy (non-hydrogen) atoms. The van der Waals surface area contributed by atoms with Crippen LogP contribution in [0.25, 0.3) is 5.78 Å². The summed E-state index contributed by atoms with van der Waals surface area (Å²) in [4.78, 5) is 15.5. The lowest BCUT2D eigenvalue weighted by molar-refractivity contribution is 0.0675. The van der Waals surface area contributed by atoms with Crippen molar-refractivity contribution in [2.24, 2.45) is 0 Å². The Bertz CT molecular complexity index is 749. The van der Waals surface area contributed by atoms with Crippen LogP contribution in [0.5, 0.6) is 0 Å². The van der Waals surface area contributed by atoms with E-state index in [0.717, 1.165) is 50.6 Å². The predicted octanol–water partition coefficient (Wildman–Crippen LogP) is 2.31. The van der Waals surface area contributed by atoms with Crippen LogP contribution in [-0.4, -0.2) is 43.5 Å². The van der Waals surface area contributed by atoms with E-state index in [0.29, 0.717) is 6.10 Å². The lowest BCUT2D eigenvalue weighted by Crippen LogP contribution is -2.31. The molecule has 0 aliphatic carbocycles. The van der Waals surface area contributed by atoms with Crippen molar-refractivity contribution in [2.45, 2.75) is 32.0 Å². The summed E-state index contributed by atoms with van der Waals surface area (Å²) in [5.74, 6) is 0.742. The van der Waals surface area contributed by atoms with Crippen molar-refractivity contribution in [1.82, 2.24) is 24.3 Å². The van der Waals surface area contributed by atoms with E-state index in [4.69, 9.17) is 4.74 Å². The average Bonchev–Trinajstić information content (AvgIpc) is 3.24. The molecule has 0 N–H and O–H groups in total. The first kappa shape index (κ1) is 15.2. The van der Waals surface area contributed by atoms with Gasteiger partial charge in [0.2, 0.25) is 5.78 Å². The Labute approximate surface area is 141 Å². The molecule has 1 fully saturated rings. The van der Waals surface area contributed by atoms with Gasteiger partial charge in [-0.25, -0.2) is 9.97 Å². The fourth-order valence-electron chi connectivity index (χ4n) is 3.20. The average molecular weight is 323 g/mol. The summed E-state index contributed by atoms with van der Waals surface area (Å²) in [5.41, 5.74) is 2.23. The molecule has 4 rings (SSSR count). The van der Waals surface area contributed by atoms with Crippen LogP contribution in [0.15, 0.2) is 49.2 Å². The molecule has 6 nitrogen and oxygen atoms in total. The smallest absolute Gasteiger partial charge is 0.233 e. The first-order valence-electron chi connectivity index (χ1n) is 8.38. The molecule has 1 aliphatic heterocycles. The van der Waals surface area contributed by atoms with Crippen LogP contribution in [-0.2, 0) is 17.8 Å². The van der Waals surface area contributed by atoms with Gasteiger partial charge in [0.15, 0.2) is 0 Å². The normalized spacial score (nSPS) is 17.8. The van der Waals surface area contributed by atoms with Crippen LogP contribution in [0.2, 0.25) is 0 Å². The second-order valence-corrected chi connectivity index (χ2v) is 6.23. The van der Waals surface area contributed by atoms with E-state index in [1.165, 1.54) is 5.56 Å². The maximum absolute atomic E-state index is 5.82. The molecule has 0 bridgehead atoms. The number of ether oxygens (including phenoxy) is 1. The number of hydrogen-bond donors (Lipinski definition) is 0. The Morgan fingerprint density at radius 2 is 2.25 bits per heavy atom. The molecule has 0 unspecified atom stereocenters. The number of rotatable bonds is 6. The van der Waals surface area contributed by atoms with E-state index in [-0.39, 0.29) is 0 Å². The summed E-state index contributed by atoms with van der Waals surface area (Å²) in [6.07, 6.45) is 12.1. The van der Waals surface area contributed by atoms with Gasteiger partial charge in [-0.2, -0.15) is 0 Å². The Hall–Kier alpha value is -2.31. The molecule has 0 spiro atoms. The van der Waals surface area contributed by atoms with E-state index in [1.54, 1.807) is 6.20 Å². The zero-order valence-corrected chi connectivity index (χ0v) is 13.6. The quantitative estimate of drug-likeness (QED) is 0.697. The lowest BCUT2D eigenvalue weighted by Gasteiger charge is -2.24. The van der Waals surface area contributed by atoms with Crippen LogP contribution in [0.4, 0.5) is 0 Å². The summed E-state index contributed by atoms with van der Waals surface area (Å²) in [6.45, 7) is 3.41. The highest BCUT2D eigenvalue weighted by atomic mass is 16.5. The van der Waals surface area contributed by atoms with Crippen molar-refractivity contribution in [3.63, 3.8) is 0 Å². The predicted molar refractivity (Wildman–Crippen MR) is 90.3 cm³/mol. The maximum Gasteiger partial charge on any atom is 0.233 e. The molecule has 0 saturated carbocycles. The number of nitrogens with zero attached hydrogens (tertiary/aromatic N) is 5. The number of aromatic nitrogens is 4. The molecule has 1 saturated heterocycles. The van der Waals surface area contributed by atoms with Gasteiger partial charge in [-0.15, -0.1) is 0 Å². The van der Waals surface area contributed by atoms with Crippen molar-refractivity contribution in [3.8, 4) is 0 Å². The van der Waals surface area contributed by atoms with Crippen LogP contribution in [0.3, 0.4) is 0 Å². The monoisotopic (exact) mass is 323 g/mol. The van der Waals surface area contributed by atoms with E-state index < -0.39 is 0 Å². The fourth-order valence-corrected chi connectivity index (χ4v) is 3.20. The third-order valence-corrected chi connectivity index (χ3v) is 4.29.